The van der Waals surface area contributed by atoms with Crippen LogP contribution >= 0.6 is 0 Å². The molecule has 8 heteroatoms. The van der Waals surface area contributed by atoms with E-state index in [1.807, 2.05) is 0 Å². The minimum atomic E-state index is -0.413. The highest BCUT2D eigenvalue weighted by molar-refractivity contribution is 6.62. The van der Waals surface area contributed by atoms with Gasteiger partial charge in [-0.3, -0.25) is 0 Å². The van der Waals surface area contributed by atoms with E-state index in [1.54, 1.807) is 0 Å². The summed E-state index contributed by atoms with van der Waals surface area (Å²) in [5, 5.41) is 18.9. The lowest BCUT2D eigenvalue weighted by molar-refractivity contribution is -0.0939. The first-order valence-electron chi connectivity index (χ1n) is 18.3. The molecule has 2 saturated heterocycles. The summed E-state index contributed by atoms with van der Waals surface area (Å²) in [5.74, 6) is 0. The van der Waals surface area contributed by atoms with Crippen LogP contribution in [0.3, 0.4) is 0 Å². The minimum Gasteiger partial charge on any atom is -0.407 e. The molecular weight excluding hydrogens is 586 g/mol. The summed E-state index contributed by atoms with van der Waals surface area (Å²) < 4.78 is 26.1. The predicted octanol–water partition coefficient (Wildman–Crippen LogP) is 6.93. The molecule has 0 radical (unpaired) electrons. The first kappa shape index (κ1) is 36.6. The molecule has 0 bridgehead atoms. The van der Waals surface area contributed by atoms with Crippen LogP contribution in [0.4, 0.5) is 0 Å². The average molecular weight is 647 g/mol. The molecule has 0 spiro atoms. The molecule has 2 heterocycles. The van der Waals surface area contributed by atoms with Crippen molar-refractivity contribution in [3.63, 3.8) is 0 Å². The molecule has 0 aromatic heterocycles. The van der Waals surface area contributed by atoms with Gasteiger partial charge in [0.1, 0.15) is 0 Å². The van der Waals surface area contributed by atoms with Crippen molar-refractivity contribution in [1.82, 2.24) is 0 Å². The third-order valence-corrected chi connectivity index (χ3v) is 12.2. The summed E-state index contributed by atoms with van der Waals surface area (Å²) in [7, 11) is -0.826. The molecule has 0 amide bonds. The summed E-state index contributed by atoms with van der Waals surface area (Å²) >= 11 is 0. The summed E-state index contributed by atoms with van der Waals surface area (Å²) in [6.07, 6.45) is 10.2. The molecule has 47 heavy (non-hydrogen) atoms. The first-order chi connectivity index (χ1) is 22.2. The standard InChI is InChI=1S/C39H60B2O6/c1-35(2)27-44-40(46-37(35,5)6)29-17-19-31-32-20-18-30(41-45-28-36(3,4)38(7,8)47-41)26-34(32)39(33(31)25-29,21-13-9-11-15-23-42)22-14-10-12-16-24-43/h17-20,25-26,42-43H,9-16,21-24,27-28H2,1-8H3. The monoisotopic (exact) mass is 646 g/mol. The Balaban J connectivity index is 1.56. The summed E-state index contributed by atoms with van der Waals surface area (Å²) in [6.45, 7) is 19.3. The number of aliphatic hydroxyl groups is 2. The number of unbranched alkanes of at least 4 members (excludes halogenated alkanes) is 6. The van der Waals surface area contributed by atoms with Gasteiger partial charge in [-0.1, -0.05) is 103 Å². The average Bonchev–Trinajstić information content (AvgIpc) is 3.28. The van der Waals surface area contributed by atoms with Crippen LogP contribution in [-0.2, 0) is 24.0 Å². The molecule has 0 atom stereocenters. The highest BCUT2D eigenvalue weighted by Crippen LogP contribution is 2.54. The smallest absolute Gasteiger partial charge is 0.407 e. The fourth-order valence-electron chi connectivity index (χ4n) is 7.44. The zero-order valence-electron chi connectivity index (χ0n) is 30.5. The van der Waals surface area contributed by atoms with Crippen LogP contribution in [0.1, 0.15) is 131 Å². The highest BCUT2D eigenvalue weighted by Gasteiger charge is 2.50. The van der Waals surface area contributed by atoms with E-state index in [4.69, 9.17) is 18.6 Å². The minimum absolute atomic E-state index is 0.0905. The van der Waals surface area contributed by atoms with Gasteiger partial charge in [0.05, 0.1) is 11.2 Å². The Hall–Kier alpha value is -1.67. The Kier molecular flexibility index (Phi) is 11.1. The number of hydrogen-bond donors (Lipinski definition) is 2. The molecule has 0 unspecified atom stereocenters. The van der Waals surface area contributed by atoms with Gasteiger partial charge in [-0.2, -0.15) is 0 Å². The van der Waals surface area contributed by atoms with Crippen LogP contribution in [0.2, 0.25) is 0 Å². The van der Waals surface area contributed by atoms with E-state index in [2.05, 4.69) is 91.8 Å². The lowest BCUT2D eigenvalue weighted by Crippen LogP contribution is -2.58. The van der Waals surface area contributed by atoms with E-state index >= 15 is 0 Å². The van der Waals surface area contributed by atoms with Gasteiger partial charge in [0.25, 0.3) is 0 Å². The number of fused-ring (bicyclic) bond motifs is 3. The molecule has 2 fully saturated rings. The molecule has 258 valence electrons. The van der Waals surface area contributed by atoms with Crippen molar-refractivity contribution in [3.05, 3.63) is 47.5 Å². The SMILES string of the molecule is CC1(C)COB(c2ccc3c(c2)C(CCCCCCO)(CCCCCCO)c2cc(B4OCC(C)(C)C(C)(C)O4)ccc2-3)OC1(C)C. The van der Waals surface area contributed by atoms with Crippen molar-refractivity contribution in [2.75, 3.05) is 26.4 Å². The lowest BCUT2D eigenvalue weighted by atomic mass is 9.65. The normalized spacial score (nSPS) is 21.8. The maximum atomic E-state index is 9.46. The lowest BCUT2D eigenvalue weighted by Gasteiger charge is -2.47. The second-order valence-corrected chi connectivity index (χ2v) is 16.8. The Morgan fingerprint density at radius 3 is 1.30 bits per heavy atom. The molecule has 2 aromatic carbocycles. The Morgan fingerprint density at radius 1 is 0.553 bits per heavy atom. The molecule has 5 rings (SSSR count). The fraction of sp³-hybridized carbons (Fsp3) is 0.692. The van der Waals surface area contributed by atoms with E-state index in [-0.39, 0.29) is 40.7 Å². The summed E-state index contributed by atoms with van der Waals surface area (Å²) in [5.41, 5.74) is 6.47. The van der Waals surface area contributed by atoms with Crippen molar-refractivity contribution >= 4 is 25.2 Å². The van der Waals surface area contributed by atoms with Gasteiger partial charge in [0.15, 0.2) is 0 Å². The number of aliphatic hydroxyl groups excluding tert-OH is 2. The third kappa shape index (κ3) is 7.30. The fourth-order valence-corrected chi connectivity index (χ4v) is 7.44. The van der Waals surface area contributed by atoms with Crippen molar-refractivity contribution in [3.8, 4) is 11.1 Å². The maximum Gasteiger partial charge on any atom is 0.494 e. The van der Waals surface area contributed by atoms with E-state index in [0.29, 0.717) is 13.2 Å². The second-order valence-electron chi connectivity index (χ2n) is 16.8. The van der Waals surface area contributed by atoms with Crippen LogP contribution in [0, 0.1) is 10.8 Å². The van der Waals surface area contributed by atoms with Crippen LogP contribution in [0.5, 0.6) is 0 Å². The van der Waals surface area contributed by atoms with E-state index in [0.717, 1.165) is 75.1 Å². The molecule has 3 aliphatic rings. The van der Waals surface area contributed by atoms with Gasteiger partial charge in [-0.25, -0.2) is 0 Å². The quantitative estimate of drug-likeness (QED) is 0.171. The third-order valence-electron chi connectivity index (χ3n) is 12.2. The molecule has 2 aromatic rings. The molecule has 2 N–H and O–H groups in total. The highest BCUT2D eigenvalue weighted by atomic mass is 16.6. The Bertz CT molecular complexity index is 1270. The van der Waals surface area contributed by atoms with Crippen LogP contribution in [0.15, 0.2) is 36.4 Å². The first-order valence-corrected chi connectivity index (χ1v) is 18.3. The zero-order valence-corrected chi connectivity index (χ0v) is 30.5. The molecule has 0 saturated carbocycles. The van der Waals surface area contributed by atoms with E-state index < -0.39 is 14.2 Å². The Labute approximate surface area is 285 Å². The van der Waals surface area contributed by atoms with Crippen molar-refractivity contribution in [1.29, 1.82) is 0 Å². The molecule has 6 nitrogen and oxygen atoms in total. The van der Waals surface area contributed by atoms with Gasteiger partial charge in [0, 0.05) is 42.7 Å². The number of hydrogen-bond acceptors (Lipinski definition) is 6. The topological polar surface area (TPSA) is 77.4 Å². The molecule has 2 aliphatic heterocycles. The van der Waals surface area contributed by atoms with Crippen LogP contribution in [0.25, 0.3) is 11.1 Å². The van der Waals surface area contributed by atoms with Gasteiger partial charge in [-0.05, 0) is 86.6 Å². The van der Waals surface area contributed by atoms with E-state index in [1.165, 1.54) is 22.3 Å². The number of benzene rings is 2. The van der Waals surface area contributed by atoms with Crippen LogP contribution < -0.4 is 10.9 Å². The largest absolute Gasteiger partial charge is 0.494 e. The van der Waals surface area contributed by atoms with Crippen molar-refractivity contribution < 1.29 is 28.8 Å². The van der Waals surface area contributed by atoms with Crippen LogP contribution in [-0.4, -0.2) is 62.1 Å². The van der Waals surface area contributed by atoms with Gasteiger partial charge >= 0.3 is 14.2 Å². The van der Waals surface area contributed by atoms with Gasteiger partial charge in [0.2, 0.25) is 0 Å². The Morgan fingerprint density at radius 2 is 0.936 bits per heavy atom. The van der Waals surface area contributed by atoms with E-state index in [9.17, 15) is 10.2 Å². The summed E-state index contributed by atoms with van der Waals surface area (Å²) in [4.78, 5) is 0. The number of rotatable bonds is 14. The maximum absolute atomic E-state index is 9.46. The predicted molar refractivity (Wildman–Crippen MR) is 194 cm³/mol. The molecular formula is C39H60B2O6. The second kappa shape index (κ2) is 14.3. The van der Waals surface area contributed by atoms with Gasteiger partial charge < -0.3 is 28.8 Å². The van der Waals surface area contributed by atoms with Gasteiger partial charge in [-0.15, -0.1) is 0 Å². The summed E-state index contributed by atoms with van der Waals surface area (Å²) in [6, 6.07) is 13.8. The molecule has 1 aliphatic carbocycles. The van der Waals surface area contributed by atoms with Crippen molar-refractivity contribution in [2.45, 2.75) is 136 Å². The van der Waals surface area contributed by atoms with Crippen molar-refractivity contribution in [2.24, 2.45) is 10.8 Å². The zero-order chi connectivity index (χ0) is 34.1.